The second-order valence-electron chi connectivity index (χ2n) is 4.67. The molecule has 1 atom stereocenters. The Morgan fingerprint density at radius 2 is 2.33 bits per heavy atom. The summed E-state index contributed by atoms with van der Waals surface area (Å²) in [7, 11) is 0. The minimum absolute atomic E-state index is 0.0482. The molecule has 1 aromatic carbocycles. The number of hydrogen-bond donors (Lipinski definition) is 3. The van der Waals surface area contributed by atoms with Crippen molar-refractivity contribution in [3.05, 3.63) is 35.1 Å². The Labute approximate surface area is 121 Å². The standard InChI is InChI=1S/C15H15FN2O3/c16-13-5-3-10(2-1-7-19)8-12(13)15(21)18-11-4-6-14(20)17-9-11/h3,5,8,11,19H,4,6-7,9H2,(H,17,20)(H,18,21). The second-order valence-corrected chi connectivity index (χ2v) is 4.67. The summed E-state index contributed by atoms with van der Waals surface area (Å²) in [6.45, 7) is 0.0386. The molecule has 0 aliphatic carbocycles. The van der Waals surface area contributed by atoms with Crippen LogP contribution in [0.5, 0.6) is 0 Å². The third kappa shape index (κ3) is 4.04. The lowest BCUT2D eigenvalue weighted by Gasteiger charge is -2.23. The summed E-state index contributed by atoms with van der Waals surface area (Å²) < 4.78 is 13.7. The number of piperidine rings is 1. The van der Waals surface area contributed by atoms with E-state index in [1.54, 1.807) is 0 Å². The van der Waals surface area contributed by atoms with Crippen molar-refractivity contribution in [3.63, 3.8) is 0 Å². The zero-order valence-corrected chi connectivity index (χ0v) is 11.3. The number of halogens is 1. The Hall–Kier alpha value is -2.39. The molecule has 2 amide bonds. The van der Waals surface area contributed by atoms with E-state index in [1.165, 1.54) is 18.2 Å². The molecule has 1 aromatic rings. The third-order valence-electron chi connectivity index (χ3n) is 3.12. The first-order valence-corrected chi connectivity index (χ1v) is 6.57. The zero-order valence-electron chi connectivity index (χ0n) is 11.3. The Balaban J connectivity index is 2.09. The number of hydrogen-bond acceptors (Lipinski definition) is 3. The lowest BCUT2D eigenvalue weighted by Crippen LogP contribution is -2.47. The zero-order chi connectivity index (χ0) is 15.2. The number of aliphatic hydroxyl groups is 1. The van der Waals surface area contributed by atoms with E-state index in [0.29, 0.717) is 24.9 Å². The van der Waals surface area contributed by atoms with Crippen LogP contribution in [0.1, 0.15) is 28.8 Å². The summed E-state index contributed by atoms with van der Waals surface area (Å²) >= 11 is 0. The van der Waals surface area contributed by atoms with Gasteiger partial charge >= 0.3 is 0 Å². The number of aliphatic hydroxyl groups excluding tert-OH is 1. The minimum Gasteiger partial charge on any atom is -0.384 e. The fourth-order valence-corrected chi connectivity index (χ4v) is 2.04. The molecule has 3 N–H and O–H groups in total. The number of rotatable bonds is 2. The van der Waals surface area contributed by atoms with Crippen LogP contribution in [-0.2, 0) is 4.79 Å². The molecule has 0 bridgehead atoms. The topological polar surface area (TPSA) is 78.4 Å². The predicted molar refractivity (Wildman–Crippen MR) is 73.9 cm³/mol. The van der Waals surface area contributed by atoms with Crippen molar-refractivity contribution < 1.29 is 19.1 Å². The van der Waals surface area contributed by atoms with E-state index in [2.05, 4.69) is 22.5 Å². The van der Waals surface area contributed by atoms with Crippen molar-refractivity contribution in [1.82, 2.24) is 10.6 Å². The molecule has 21 heavy (non-hydrogen) atoms. The van der Waals surface area contributed by atoms with Gasteiger partial charge in [-0.25, -0.2) is 4.39 Å². The van der Waals surface area contributed by atoms with Gasteiger partial charge in [0.05, 0.1) is 5.56 Å². The van der Waals surface area contributed by atoms with Gasteiger partial charge in [-0.15, -0.1) is 0 Å². The largest absolute Gasteiger partial charge is 0.384 e. The average molecular weight is 290 g/mol. The quantitative estimate of drug-likeness (QED) is 0.680. The number of carbonyl (C=O) groups is 2. The van der Waals surface area contributed by atoms with E-state index in [0.717, 1.165) is 0 Å². The highest BCUT2D eigenvalue weighted by Crippen LogP contribution is 2.11. The SMILES string of the molecule is O=C1CCC(NC(=O)c2cc(C#CCO)ccc2F)CN1. The van der Waals surface area contributed by atoms with Crippen LogP contribution in [-0.4, -0.2) is 36.1 Å². The molecule has 0 radical (unpaired) electrons. The lowest BCUT2D eigenvalue weighted by atomic mass is 10.1. The normalized spacial score (nSPS) is 17.4. The third-order valence-corrected chi connectivity index (χ3v) is 3.12. The molecular formula is C15H15FN2O3. The van der Waals surface area contributed by atoms with Gasteiger partial charge in [-0.05, 0) is 24.6 Å². The molecule has 1 fully saturated rings. The molecule has 1 aliphatic rings. The first-order valence-electron chi connectivity index (χ1n) is 6.57. The van der Waals surface area contributed by atoms with Gasteiger partial charge in [0, 0.05) is 24.6 Å². The summed E-state index contributed by atoms with van der Waals surface area (Å²) in [4.78, 5) is 23.1. The molecule has 6 heteroatoms. The van der Waals surface area contributed by atoms with Crippen LogP contribution < -0.4 is 10.6 Å². The van der Waals surface area contributed by atoms with Crippen LogP contribution in [0.4, 0.5) is 4.39 Å². The fourth-order valence-electron chi connectivity index (χ4n) is 2.04. The fraction of sp³-hybridized carbons (Fsp3) is 0.333. The van der Waals surface area contributed by atoms with E-state index in [1.807, 2.05) is 0 Å². The summed E-state index contributed by atoms with van der Waals surface area (Å²) in [5, 5.41) is 14.0. The van der Waals surface area contributed by atoms with Gasteiger partial charge in [0.15, 0.2) is 0 Å². The van der Waals surface area contributed by atoms with Gasteiger partial charge in [-0.3, -0.25) is 9.59 Å². The Bertz CT molecular complexity index is 609. The van der Waals surface area contributed by atoms with Gasteiger partial charge in [0.25, 0.3) is 5.91 Å². The Morgan fingerprint density at radius 1 is 1.52 bits per heavy atom. The van der Waals surface area contributed by atoms with Crippen LogP contribution >= 0.6 is 0 Å². The summed E-state index contributed by atoms with van der Waals surface area (Å²) in [5.74, 6) is 3.84. The van der Waals surface area contributed by atoms with E-state index in [4.69, 9.17) is 5.11 Å². The summed E-state index contributed by atoms with van der Waals surface area (Å²) in [6.07, 6.45) is 0.874. The van der Waals surface area contributed by atoms with Crippen LogP contribution in [0, 0.1) is 17.7 Å². The Kier molecular flexibility index (Phi) is 4.90. The molecule has 1 unspecified atom stereocenters. The highest BCUT2D eigenvalue weighted by molar-refractivity contribution is 5.95. The van der Waals surface area contributed by atoms with Crippen LogP contribution in [0.3, 0.4) is 0 Å². The van der Waals surface area contributed by atoms with Crippen molar-refractivity contribution in [3.8, 4) is 11.8 Å². The van der Waals surface area contributed by atoms with E-state index in [9.17, 15) is 14.0 Å². The van der Waals surface area contributed by atoms with Gasteiger partial charge in [0.2, 0.25) is 5.91 Å². The maximum absolute atomic E-state index is 13.7. The highest BCUT2D eigenvalue weighted by atomic mass is 19.1. The molecule has 1 saturated heterocycles. The van der Waals surface area contributed by atoms with E-state index in [-0.39, 0.29) is 24.1 Å². The maximum Gasteiger partial charge on any atom is 0.254 e. The van der Waals surface area contributed by atoms with Crippen LogP contribution in [0.2, 0.25) is 0 Å². The molecule has 110 valence electrons. The number of benzene rings is 1. The average Bonchev–Trinajstić information content (AvgIpc) is 2.48. The molecule has 5 nitrogen and oxygen atoms in total. The van der Waals surface area contributed by atoms with Crippen molar-refractivity contribution in [1.29, 1.82) is 0 Å². The van der Waals surface area contributed by atoms with Crippen LogP contribution in [0.15, 0.2) is 18.2 Å². The van der Waals surface area contributed by atoms with Crippen molar-refractivity contribution in [2.45, 2.75) is 18.9 Å². The van der Waals surface area contributed by atoms with E-state index >= 15 is 0 Å². The monoisotopic (exact) mass is 290 g/mol. The first kappa shape index (κ1) is 15.0. The molecule has 0 spiro atoms. The summed E-state index contributed by atoms with van der Waals surface area (Å²) in [5.41, 5.74) is 0.351. The van der Waals surface area contributed by atoms with Crippen LogP contribution in [0.25, 0.3) is 0 Å². The van der Waals surface area contributed by atoms with Gasteiger partial charge in [0.1, 0.15) is 12.4 Å². The molecule has 2 rings (SSSR count). The van der Waals surface area contributed by atoms with Crippen molar-refractivity contribution in [2.24, 2.45) is 0 Å². The number of nitrogens with one attached hydrogen (secondary N) is 2. The summed E-state index contributed by atoms with van der Waals surface area (Å²) in [6, 6.07) is 3.74. The minimum atomic E-state index is -0.637. The predicted octanol–water partition coefficient (Wildman–Crippen LogP) is 0.178. The highest BCUT2D eigenvalue weighted by Gasteiger charge is 2.21. The maximum atomic E-state index is 13.7. The second kappa shape index (κ2) is 6.86. The van der Waals surface area contributed by atoms with Gasteiger partial charge in [-0.1, -0.05) is 11.8 Å². The first-order chi connectivity index (χ1) is 10.1. The molecule has 0 aromatic heterocycles. The molecule has 0 saturated carbocycles. The number of carbonyl (C=O) groups excluding carboxylic acids is 2. The number of amides is 2. The van der Waals surface area contributed by atoms with Gasteiger partial charge in [-0.2, -0.15) is 0 Å². The molecular weight excluding hydrogens is 275 g/mol. The van der Waals surface area contributed by atoms with Gasteiger partial charge < -0.3 is 15.7 Å². The Morgan fingerprint density at radius 3 is 3.00 bits per heavy atom. The van der Waals surface area contributed by atoms with E-state index < -0.39 is 11.7 Å². The smallest absolute Gasteiger partial charge is 0.254 e. The van der Waals surface area contributed by atoms with Crippen molar-refractivity contribution >= 4 is 11.8 Å². The lowest BCUT2D eigenvalue weighted by molar-refractivity contribution is -0.122. The van der Waals surface area contributed by atoms with Crippen molar-refractivity contribution in [2.75, 3.05) is 13.2 Å². The molecule has 1 aliphatic heterocycles. The molecule has 1 heterocycles.